The first kappa shape index (κ1) is 7.84. The monoisotopic (exact) mass is 137 g/mol. The summed E-state index contributed by atoms with van der Waals surface area (Å²) in [6.07, 6.45) is 13.8. The minimum Gasteiger partial charge on any atom is -0.0882 e. The zero-order valence-corrected chi connectivity index (χ0v) is 6.84. The largest absolute Gasteiger partial charge is 0.0882 e. The van der Waals surface area contributed by atoms with E-state index >= 15 is 0 Å². The highest BCUT2D eigenvalue weighted by Crippen LogP contribution is 2.20. The molecule has 1 atom stereocenters. The molecule has 1 unspecified atom stereocenters. The van der Waals surface area contributed by atoms with Crippen LogP contribution in [0.25, 0.3) is 0 Å². The van der Waals surface area contributed by atoms with Crippen molar-refractivity contribution in [2.45, 2.75) is 39.0 Å². The van der Waals surface area contributed by atoms with Gasteiger partial charge in [0.05, 0.1) is 0 Å². The average molecular weight is 137 g/mol. The quantitative estimate of drug-likeness (QED) is 0.523. The molecule has 0 fully saturated rings. The normalized spacial score (nSPS) is 25.1. The van der Waals surface area contributed by atoms with E-state index in [1.807, 2.05) is 0 Å². The summed E-state index contributed by atoms with van der Waals surface area (Å²) in [4.78, 5) is 0. The van der Waals surface area contributed by atoms with E-state index in [9.17, 15) is 0 Å². The Kier molecular flexibility index (Phi) is 3.56. The van der Waals surface area contributed by atoms with Gasteiger partial charge in [0, 0.05) is 0 Å². The zero-order valence-electron chi connectivity index (χ0n) is 6.84. The summed E-state index contributed by atoms with van der Waals surface area (Å²) in [5.74, 6) is 0.800. The summed E-state index contributed by atoms with van der Waals surface area (Å²) in [5, 5.41) is 0. The third-order valence-electron chi connectivity index (χ3n) is 2.05. The van der Waals surface area contributed by atoms with Crippen LogP contribution < -0.4 is 0 Å². The molecular formula is C10H17. The Morgan fingerprint density at radius 2 is 2.50 bits per heavy atom. The smallest absolute Gasteiger partial charge is 0.0202 e. The molecule has 0 bridgehead atoms. The molecule has 10 heavy (non-hydrogen) atoms. The van der Waals surface area contributed by atoms with Crippen molar-refractivity contribution in [2.24, 2.45) is 5.92 Å². The van der Waals surface area contributed by atoms with Crippen LogP contribution in [0.4, 0.5) is 0 Å². The molecule has 0 aromatic carbocycles. The van der Waals surface area contributed by atoms with Crippen LogP contribution in [0.5, 0.6) is 0 Å². The lowest BCUT2D eigenvalue weighted by molar-refractivity contribution is 0.577. The Labute approximate surface area is 64.3 Å². The molecule has 0 heteroatoms. The first-order chi connectivity index (χ1) is 4.93. The maximum absolute atomic E-state index is 2.45. The van der Waals surface area contributed by atoms with E-state index in [0.717, 1.165) is 5.92 Å². The molecule has 0 spiro atoms. The predicted molar refractivity (Wildman–Crippen MR) is 45.7 cm³/mol. The highest BCUT2D eigenvalue weighted by atomic mass is 14.1. The standard InChI is InChI=1S/C10H17/c1-2-3-7-10-8-5-4-6-9-10/h5,7-8,10H,2-4,6,9H2,1H3. The van der Waals surface area contributed by atoms with Crippen molar-refractivity contribution in [3.05, 3.63) is 18.6 Å². The summed E-state index contributed by atoms with van der Waals surface area (Å²) in [5.41, 5.74) is 0. The number of allylic oxidation sites excluding steroid dienone is 2. The van der Waals surface area contributed by atoms with E-state index in [0.29, 0.717) is 0 Å². The lowest BCUT2D eigenvalue weighted by Crippen LogP contribution is -2.00. The summed E-state index contributed by atoms with van der Waals surface area (Å²) >= 11 is 0. The van der Waals surface area contributed by atoms with Gasteiger partial charge in [-0.15, -0.1) is 0 Å². The molecule has 1 aliphatic carbocycles. The molecule has 1 aliphatic rings. The Bertz CT molecular complexity index is 103. The second-order valence-corrected chi connectivity index (χ2v) is 3.05. The van der Waals surface area contributed by atoms with Crippen LogP contribution in [-0.4, -0.2) is 0 Å². The molecule has 1 rings (SSSR count). The highest BCUT2D eigenvalue weighted by Gasteiger charge is 2.06. The number of rotatable bonds is 3. The molecule has 0 saturated carbocycles. The molecule has 0 aromatic heterocycles. The van der Waals surface area contributed by atoms with E-state index in [4.69, 9.17) is 0 Å². The maximum atomic E-state index is 2.45. The van der Waals surface area contributed by atoms with Gasteiger partial charge in [0.15, 0.2) is 0 Å². The van der Waals surface area contributed by atoms with Gasteiger partial charge in [-0.25, -0.2) is 0 Å². The lowest BCUT2D eigenvalue weighted by Gasteiger charge is -2.14. The van der Waals surface area contributed by atoms with Crippen molar-refractivity contribution < 1.29 is 0 Å². The Morgan fingerprint density at radius 3 is 3.10 bits per heavy atom. The number of hydrogen-bond acceptors (Lipinski definition) is 0. The van der Waals surface area contributed by atoms with Gasteiger partial charge >= 0.3 is 0 Å². The number of unbranched alkanes of at least 4 members (excludes halogenated alkanes) is 1. The van der Waals surface area contributed by atoms with E-state index in [2.05, 4.69) is 25.5 Å². The van der Waals surface area contributed by atoms with Crippen molar-refractivity contribution in [1.29, 1.82) is 0 Å². The second kappa shape index (κ2) is 4.54. The van der Waals surface area contributed by atoms with E-state index in [1.165, 1.54) is 32.1 Å². The van der Waals surface area contributed by atoms with Crippen molar-refractivity contribution in [1.82, 2.24) is 0 Å². The Morgan fingerprint density at radius 1 is 1.60 bits per heavy atom. The molecule has 0 aromatic rings. The fourth-order valence-corrected chi connectivity index (χ4v) is 1.42. The van der Waals surface area contributed by atoms with Crippen LogP contribution in [0.2, 0.25) is 0 Å². The SMILES string of the molecule is CCC[CH]C1C=CCCC1. The summed E-state index contributed by atoms with van der Waals surface area (Å²) in [6.45, 7) is 2.24. The molecule has 0 heterocycles. The van der Waals surface area contributed by atoms with Crippen LogP contribution in [0.3, 0.4) is 0 Å². The summed E-state index contributed by atoms with van der Waals surface area (Å²) in [6, 6.07) is 0. The first-order valence-corrected chi connectivity index (χ1v) is 4.43. The van der Waals surface area contributed by atoms with Crippen molar-refractivity contribution >= 4 is 0 Å². The molecule has 0 N–H and O–H groups in total. The van der Waals surface area contributed by atoms with E-state index in [1.54, 1.807) is 0 Å². The molecule has 0 amide bonds. The molecule has 0 saturated heterocycles. The van der Waals surface area contributed by atoms with Crippen LogP contribution in [-0.2, 0) is 0 Å². The first-order valence-electron chi connectivity index (χ1n) is 4.43. The fraction of sp³-hybridized carbons (Fsp3) is 0.700. The Hall–Kier alpha value is -0.260. The summed E-state index contributed by atoms with van der Waals surface area (Å²) < 4.78 is 0. The van der Waals surface area contributed by atoms with Gasteiger partial charge in [-0.2, -0.15) is 0 Å². The lowest BCUT2D eigenvalue weighted by atomic mass is 9.91. The molecular weight excluding hydrogens is 120 g/mol. The third kappa shape index (κ3) is 2.55. The summed E-state index contributed by atoms with van der Waals surface area (Å²) in [7, 11) is 0. The van der Waals surface area contributed by atoms with Crippen LogP contribution in [0, 0.1) is 12.3 Å². The van der Waals surface area contributed by atoms with Gasteiger partial charge < -0.3 is 0 Å². The molecule has 0 nitrogen and oxygen atoms in total. The van der Waals surface area contributed by atoms with Gasteiger partial charge in [-0.1, -0.05) is 25.5 Å². The van der Waals surface area contributed by atoms with Crippen LogP contribution in [0.15, 0.2) is 12.2 Å². The second-order valence-electron chi connectivity index (χ2n) is 3.05. The van der Waals surface area contributed by atoms with Gasteiger partial charge in [-0.05, 0) is 38.0 Å². The van der Waals surface area contributed by atoms with Crippen molar-refractivity contribution in [3.63, 3.8) is 0 Å². The predicted octanol–water partition coefficient (Wildman–Crippen LogP) is 3.35. The third-order valence-corrected chi connectivity index (χ3v) is 2.05. The van der Waals surface area contributed by atoms with Gasteiger partial charge in [0.1, 0.15) is 0 Å². The van der Waals surface area contributed by atoms with E-state index in [-0.39, 0.29) is 0 Å². The highest BCUT2D eigenvalue weighted by molar-refractivity contribution is 4.98. The maximum Gasteiger partial charge on any atom is -0.0202 e. The average Bonchev–Trinajstić information content (AvgIpc) is 2.03. The minimum atomic E-state index is 0.800. The molecule has 1 radical (unpaired) electrons. The fourth-order valence-electron chi connectivity index (χ4n) is 1.42. The Balaban J connectivity index is 2.13. The van der Waals surface area contributed by atoms with Crippen LogP contribution in [0.1, 0.15) is 39.0 Å². The topological polar surface area (TPSA) is 0 Å². The van der Waals surface area contributed by atoms with Gasteiger partial charge in [-0.3, -0.25) is 0 Å². The molecule has 0 aliphatic heterocycles. The van der Waals surface area contributed by atoms with E-state index < -0.39 is 0 Å². The van der Waals surface area contributed by atoms with Crippen LogP contribution >= 0.6 is 0 Å². The number of hydrogen-bond donors (Lipinski definition) is 0. The minimum absolute atomic E-state index is 0.800. The zero-order chi connectivity index (χ0) is 7.23. The van der Waals surface area contributed by atoms with Gasteiger partial charge in [0.25, 0.3) is 0 Å². The van der Waals surface area contributed by atoms with Crippen molar-refractivity contribution in [3.8, 4) is 0 Å². The van der Waals surface area contributed by atoms with Gasteiger partial charge in [0.2, 0.25) is 0 Å². The molecule has 57 valence electrons. The van der Waals surface area contributed by atoms with Crippen molar-refractivity contribution in [2.75, 3.05) is 0 Å².